The van der Waals surface area contributed by atoms with Crippen molar-refractivity contribution in [2.75, 3.05) is 19.4 Å². The van der Waals surface area contributed by atoms with Gasteiger partial charge in [0, 0.05) is 25.3 Å². The first-order valence-corrected chi connectivity index (χ1v) is 8.16. The first kappa shape index (κ1) is 17.6. The molecule has 0 unspecified atom stereocenters. The number of amides is 2. The van der Waals surface area contributed by atoms with Gasteiger partial charge < -0.3 is 19.9 Å². The minimum Gasteiger partial charge on any atom is -0.388 e. The molecule has 0 saturated carbocycles. The summed E-state index contributed by atoms with van der Waals surface area (Å²) < 4.78 is 1.68. The van der Waals surface area contributed by atoms with Crippen LogP contribution in [0, 0.1) is 0 Å². The van der Waals surface area contributed by atoms with E-state index in [0.29, 0.717) is 17.1 Å². The minimum atomic E-state index is -0.266. The maximum Gasteiger partial charge on any atom is 0.253 e. The second-order valence-electron chi connectivity index (χ2n) is 6.09. The highest BCUT2D eigenvalue weighted by Crippen LogP contribution is 2.17. The summed E-state index contributed by atoms with van der Waals surface area (Å²) in [6.45, 7) is -0.239. The number of anilines is 1. The number of carbonyl (C=O) groups is 2. The number of nitrogens with zero attached hydrogens (tertiary/aromatic N) is 3. The predicted octanol–water partition coefficient (Wildman–Crippen LogP) is 1.87. The zero-order valence-corrected chi connectivity index (χ0v) is 14.6. The van der Waals surface area contributed by atoms with Gasteiger partial charge in [-0.1, -0.05) is 18.2 Å². The number of para-hydroxylation sites is 2. The van der Waals surface area contributed by atoms with Gasteiger partial charge in [-0.05, 0) is 30.3 Å². The van der Waals surface area contributed by atoms with Crippen molar-refractivity contribution in [1.29, 1.82) is 0 Å². The molecule has 0 aliphatic heterocycles. The van der Waals surface area contributed by atoms with Crippen LogP contribution in [0.3, 0.4) is 0 Å². The number of benzene rings is 2. The van der Waals surface area contributed by atoms with Crippen molar-refractivity contribution in [2.24, 2.45) is 0 Å². The highest BCUT2D eigenvalue weighted by Gasteiger charge is 2.14. The molecule has 0 radical (unpaired) electrons. The van der Waals surface area contributed by atoms with E-state index < -0.39 is 0 Å². The third kappa shape index (κ3) is 3.57. The van der Waals surface area contributed by atoms with Gasteiger partial charge in [-0.25, -0.2) is 4.98 Å². The Kier molecular flexibility index (Phi) is 4.99. The predicted molar refractivity (Wildman–Crippen MR) is 98.7 cm³/mol. The molecule has 26 heavy (non-hydrogen) atoms. The summed E-state index contributed by atoms with van der Waals surface area (Å²) >= 11 is 0. The van der Waals surface area contributed by atoms with E-state index in [4.69, 9.17) is 0 Å². The molecular weight excluding hydrogens is 332 g/mol. The summed E-state index contributed by atoms with van der Waals surface area (Å²) in [7, 11) is 3.35. The quantitative estimate of drug-likeness (QED) is 0.734. The number of hydrogen-bond acceptors (Lipinski definition) is 4. The minimum absolute atomic E-state index is 0.0161. The molecule has 0 atom stereocenters. The molecule has 0 aliphatic rings. The van der Waals surface area contributed by atoms with Gasteiger partial charge in [0.1, 0.15) is 19.0 Å². The lowest BCUT2D eigenvalue weighted by atomic mass is 10.2. The number of rotatable bonds is 5. The maximum atomic E-state index is 12.5. The van der Waals surface area contributed by atoms with Crippen LogP contribution in [-0.2, 0) is 17.9 Å². The van der Waals surface area contributed by atoms with Gasteiger partial charge in [0.2, 0.25) is 5.91 Å². The number of hydrogen-bond donors (Lipinski definition) is 2. The number of aliphatic hydroxyl groups excluding tert-OH is 1. The van der Waals surface area contributed by atoms with E-state index >= 15 is 0 Å². The Morgan fingerprint density at radius 1 is 1.15 bits per heavy atom. The molecule has 2 amide bonds. The van der Waals surface area contributed by atoms with Crippen molar-refractivity contribution in [3.63, 3.8) is 0 Å². The van der Waals surface area contributed by atoms with Crippen LogP contribution in [0.25, 0.3) is 11.0 Å². The van der Waals surface area contributed by atoms with E-state index in [-0.39, 0.29) is 25.0 Å². The second kappa shape index (κ2) is 7.37. The first-order valence-electron chi connectivity index (χ1n) is 8.16. The third-order valence-electron chi connectivity index (χ3n) is 3.98. The van der Waals surface area contributed by atoms with Crippen LogP contribution in [-0.4, -0.2) is 45.5 Å². The Morgan fingerprint density at radius 2 is 1.92 bits per heavy atom. The van der Waals surface area contributed by atoms with Crippen LogP contribution in [0.15, 0.2) is 48.5 Å². The third-order valence-corrected chi connectivity index (χ3v) is 3.98. The van der Waals surface area contributed by atoms with Crippen molar-refractivity contribution < 1.29 is 14.7 Å². The van der Waals surface area contributed by atoms with Crippen LogP contribution in [0.1, 0.15) is 16.2 Å². The van der Waals surface area contributed by atoms with Gasteiger partial charge in [0.05, 0.1) is 11.0 Å². The first-order chi connectivity index (χ1) is 12.5. The van der Waals surface area contributed by atoms with E-state index in [1.807, 2.05) is 24.3 Å². The monoisotopic (exact) mass is 352 g/mol. The molecule has 0 fully saturated rings. The SMILES string of the molecule is CN(C)C(=O)c1cccc(NC(=O)Cn2c(CO)nc3ccccc32)c1. The summed E-state index contributed by atoms with van der Waals surface area (Å²) in [5.41, 5.74) is 2.54. The molecule has 1 heterocycles. The van der Waals surface area contributed by atoms with Gasteiger partial charge in [0.25, 0.3) is 5.91 Å². The lowest BCUT2D eigenvalue weighted by molar-refractivity contribution is -0.116. The zero-order valence-electron chi connectivity index (χ0n) is 14.6. The largest absolute Gasteiger partial charge is 0.388 e. The number of carbonyl (C=O) groups excluding carboxylic acids is 2. The van der Waals surface area contributed by atoms with E-state index in [1.54, 1.807) is 42.9 Å². The van der Waals surface area contributed by atoms with E-state index in [9.17, 15) is 14.7 Å². The van der Waals surface area contributed by atoms with Crippen molar-refractivity contribution in [1.82, 2.24) is 14.5 Å². The number of aromatic nitrogens is 2. The number of fused-ring (bicyclic) bond motifs is 1. The number of imidazole rings is 1. The summed E-state index contributed by atoms with van der Waals surface area (Å²) in [4.78, 5) is 30.3. The van der Waals surface area contributed by atoms with E-state index in [2.05, 4.69) is 10.3 Å². The fourth-order valence-corrected chi connectivity index (χ4v) is 2.75. The molecule has 1 aromatic heterocycles. The van der Waals surface area contributed by atoms with Crippen molar-refractivity contribution in [2.45, 2.75) is 13.2 Å². The molecule has 2 N–H and O–H groups in total. The maximum absolute atomic E-state index is 12.5. The Hall–Kier alpha value is -3.19. The lowest BCUT2D eigenvalue weighted by Gasteiger charge is -2.12. The standard InChI is InChI=1S/C19H20N4O3/c1-22(2)19(26)13-6-5-7-14(10-13)20-18(25)11-23-16-9-4-3-8-15(16)21-17(23)12-24/h3-10,24H,11-12H2,1-2H3,(H,20,25). The average Bonchev–Trinajstić information content (AvgIpc) is 2.99. The fourth-order valence-electron chi connectivity index (χ4n) is 2.75. The van der Waals surface area contributed by atoms with Gasteiger partial charge in [0.15, 0.2) is 0 Å². The average molecular weight is 352 g/mol. The Balaban J connectivity index is 1.80. The molecule has 134 valence electrons. The molecule has 2 aromatic carbocycles. The van der Waals surface area contributed by atoms with Gasteiger partial charge in [-0.15, -0.1) is 0 Å². The summed E-state index contributed by atoms with van der Waals surface area (Å²) in [6.07, 6.45) is 0. The molecule has 0 aliphatic carbocycles. The lowest BCUT2D eigenvalue weighted by Crippen LogP contribution is -2.22. The Labute approximate surface area is 150 Å². The summed E-state index contributed by atoms with van der Waals surface area (Å²) in [5, 5.41) is 12.3. The zero-order chi connectivity index (χ0) is 18.7. The topological polar surface area (TPSA) is 87.5 Å². The smallest absolute Gasteiger partial charge is 0.253 e. The second-order valence-corrected chi connectivity index (χ2v) is 6.09. The van der Waals surface area contributed by atoms with E-state index in [1.165, 1.54) is 4.90 Å². The Bertz CT molecular complexity index is 962. The molecule has 0 spiro atoms. The van der Waals surface area contributed by atoms with E-state index in [0.717, 1.165) is 11.0 Å². The fraction of sp³-hybridized carbons (Fsp3) is 0.211. The van der Waals surface area contributed by atoms with Crippen LogP contribution < -0.4 is 5.32 Å². The molecule has 3 aromatic rings. The Morgan fingerprint density at radius 3 is 2.65 bits per heavy atom. The van der Waals surface area contributed by atoms with Crippen LogP contribution >= 0.6 is 0 Å². The molecule has 0 saturated heterocycles. The highest BCUT2D eigenvalue weighted by molar-refractivity contribution is 5.97. The normalized spacial score (nSPS) is 10.7. The number of nitrogens with one attached hydrogen (secondary N) is 1. The summed E-state index contributed by atoms with van der Waals surface area (Å²) in [5.74, 6) is 0.0273. The molecule has 7 heteroatoms. The van der Waals surface area contributed by atoms with Gasteiger partial charge in [-0.3, -0.25) is 9.59 Å². The van der Waals surface area contributed by atoms with Crippen molar-refractivity contribution in [3.05, 3.63) is 59.9 Å². The molecule has 3 rings (SSSR count). The van der Waals surface area contributed by atoms with Crippen LogP contribution in [0.2, 0.25) is 0 Å². The highest BCUT2D eigenvalue weighted by atomic mass is 16.3. The molecular formula is C19H20N4O3. The number of aliphatic hydroxyl groups is 1. The van der Waals surface area contributed by atoms with Gasteiger partial charge in [-0.2, -0.15) is 0 Å². The summed E-state index contributed by atoms with van der Waals surface area (Å²) in [6, 6.07) is 14.2. The molecule has 7 nitrogen and oxygen atoms in total. The van der Waals surface area contributed by atoms with Crippen LogP contribution in [0.4, 0.5) is 5.69 Å². The van der Waals surface area contributed by atoms with Crippen molar-refractivity contribution >= 4 is 28.5 Å². The van der Waals surface area contributed by atoms with Crippen LogP contribution in [0.5, 0.6) is 0 Å². The van der Waals surface area contributed by atoms with Gasteiger partial charge >= 0.3 is 0 Å². The molecule has 0 bridgehead atoms. The van der Waals surface area contributed by atoms with Crippen molar-refractivity contribution in [3.8, 4) is 0 Å².